The van der Waals surface area contributed by atoms with Crippen molar-refractivity contribution in [3.8, 4) is 0 Å². The quantitative estimate of drug-likeness (QED) is 0.610. The van der Waals surface area contributed by atoms with Crippen molar-refractivity contribution in [2.45, 2.75) is 24.1 Å². The first-order valence-electron chi connectivity index (χ1n) is 5.28. The van der Waals surface area contributed by atoms with E-state index in [0.29, 0.717) is 4.83 Å². The molecule has 3 rings (SSSR count). The van der Waals surface area contributed by atoms with Crippen molar-refractivity contribution in [2.24, 2.45) is 16.8 Å². The van der Waals surface area contributed by atoms with Crippen molar-refractivity contribution in [2.75, 3.05) is 13.7 Å². The van der Waals surface area contributed by atoms with Crippen LogP contribution >= 0.6 is 15.9 Å². The molecule has 1 heterocycles. The number of ether oxygens (including phenoxy) is 1. The molecule has 3 heteroatoms. The minimum absolute atomic E-state index is 0.478. The molecule has 2 nitrogen and oxygen atoms in total. The van der Waals surface area contributed by atoms with Crippen LogP contribution in [-0.4, -0.2) is 24.4 Å². The Morgan fingerprint density at radius 3 is 2.93 bits per heavy atom. The van der Waals surface area contributed by atoms with Crippen molar-refractivity contribution in [1.82, 2.24) is 0 Å². The van der Waals surface area contributed by atoms with E-state index in [4.69, 9.17) is 4.74 Å². The zero-order valence-electron chi connectivity index (χ0n) is 8.29. The summed E-state index contributed by atoms with van der Waals surface area (Å²) >= 11 is 3.73. The van der Waals surface area contributed by atoms with Gasteiger partial charge >= 0.3 is 0 Å². The summed E-state index contributed by atoms with van der Waals surface area (Å²) in [5.74, 6) is 2.48. The highest BCUT2D eigenvalue weighted by Gasteiger charge is 2.44. The van der Waals surface area contributed by atoms with Crippen LogP contribution in [0.3, 0.4) is 0 Å². The molecule has 0 spiro atoms. The molecular formula is C11H14BrNO. The molecule has 2 aliphatic carbocycles. The minimum Gasteiger partial charge on any atom is -0.481 e. The van der Waals surface area contributed by atoms with Gasteiger partial charge in [0.2, 0.25) is 5.90 Å². The van der Waals surface area contributed by atoms with Gasteiger partial charge in [-0.2, -0.15) is 0 Å². The van der Waals surface area contributed by atoms with Gasteiger partial charge in [0.15, 0.2) is 0 Å². The van der Waals surface area contributed by atoms with E-state index in [1.54, 1.807) is 12.7 Å². The van der Waals surface area contributed by atoms with Crippen LogP contribution < -0.4 is 0 Å². The Labute approximate surface area is 92.6 Å². The number of nitrogens with zero attached hydrogens (tertiary/aromatic N) is 1. The Kier molecular flexibility index (Phi) is 1.98. The molecule has 14 heavy (non-hydrogen) atoms. The van der Waals surface area contributed by atoms with Crippen LogP contribution in [0.25, 0.3) is 0 Å². The standard InChI is InChI=1S/C11H14BrNO/c1-14-11-10-7-3-2-6(4-7)9(10)8(12)5-13-11/h6-8H,2-5H2,1H3. The predicted molar refractivity (Wildman–Crippen MR) is 59.9 cm³/mol. The highest BCUT2D eigenvalue weighted by molar-refractivity contribution is 9.09. The maximum Gasteiger partial charge on any atom is 0.211 e. The molecule has 76 valence electrons. The number of dihydropyridines is 1. The average molecular weight is 256 g/mol. The summed E-state index contributed by atoms with van der Waals surface area (Å²) in [6.45, 7) is 0.852. The fraction of sp³-hybridized carbons (Fsp3) is 0.727. The largest absolute Gasteiger partial charge is 0.481 e. The van der Waals surface area contributed by atoms with E-state index in [-0.39, 0.29) is 0 Å². The summed E-state index contributed by atoms with van der Waals surface area (Å²) < 4.78 is 5.38. The van der Waals surface area contributed by atoms with Gasteiger partial charge in [0.25, 0.3) is 0 Å². The Bertz CT molecular complexity index is 334. The molecule has 1 aliphatic heterocycles. The Morgan fingerprint density at radius 2 is 2.14 bits per heavy atom. The lowest BCUT2D eigenvalue weighted by Gasteiger charge is -2.27. The van der Waals surface area contributed by atoms with Crippen LogP contribution in [0, 0.1) is 11.8 Å². The van der Waals surface area contributed by atoms with Gasteiger partial charge in [-0.05, 0) is 36.7 Å². The van der Waals surface area contributed by atoms with E-state index in [1.165, 1.54) is 24.8 Å². The molecule has 0 aromatic carbocycles. The number of hydrogen-bond acceptors (Lipinski definition) is 2. The maximum absolute atomic E-state index is 5.38. The lowest BCUT2D eigenvalue weighted by molar-refractivity contribution is 0.392. The average Bonchev–Trinajstić information content (AvgIpc) is 2.79. The van der Waals surface area contributed by atoms with Crippen molar-refractivity contribution >= 4 is 21.8 Å². The molecule has 2 bridgehead atoms. The third-order valence-electron chi connectivity index (χ3n) is 3.75. The van der Waals surface area contributed by atoms with Crippen molar-refractivity contribution in [1.29, 1.82) is 0 Å². The third kappa shape index (κ3) is 1.05. The molecule has 1 fully saturated rings. The number of aliphatic imine (C=N–C) groups is 1. The smallest absolute Gasteiger partial charge is 0.211 e. The van der Waals surface area contributed by atoms with E-state index in [1.807, 2.05) is 0 Å². The predicted octanol–water partition coefficient (Wildman–Crippen LogP) is 2.53. The van der Waals surface area contributed by atoms with E-state index in [2.05, 4.69) is 20.9 Å². The first kappa shape index (κ1) is 8.96. The van der Waals surface area contributed by atoms with Crippen LogP contribution in [0.1, 0.15) is 19.3 Å². The minimum atomic E-state index is 0.478. The first-order valence-corrected chi connectivity index (χ1v) is 6.19. The summed E-state index contributed by atoms with van der Waals surface area (Å²) in [6.07, 6.45) is 4.06. The number of alkyl halides is 1. The molecule has 3 aliphatic rings. The molecule has 3 unspecified atom stereocenters. The molecule has 1 saturated carbocycles. The van der Waals surface area contributed by atoms with Crippen LogP contribution in [0.2, 0.25) is 0 Å². The zero-order chi connectivity index (χ0) is 9.71. The number of fused-ring (bicyclic) bond motifs is 4. The molecule has 0 saturated heterocycles. The van der Waals surface area contributed by atoms with Gasteiger partial charge in [-0.25, -0.2) is 0 Å². The van der Waals surface area contributed by atoms with Crippen LogP contribution in [-0.2, 0) is 4.74 Å². The van der Waals surface area contributed by atoms with E-state index < -0.39 is 0 Å². The zero-order valence-corrected chi connectivity index (χ0v) is 9.88. The van der Waals surface area contributed by atoms with Gasteiger partial charge in [-0.1, -0.05) is 15.9 Å². The van der Waals surface area contributed by atoms with Gasteiger partial charge in [0, 0.05) is 5.57 Å². The second kappa shape index (κ2) is 3.09. The fourth-order valence-corrected chi connectivity index (χ4v) is 3.99. The van der Waals surface area contributed by atoms with E-state index in [0.717, 1.165) is 24.3 Å². The number of methoxy groups -OCH3 is 1. The SMILES string of the molecule is COC1=NCC(Br)C2=C1C1CCC2C1. The molecule has 0 N–H and O–H groups in total. The van der Waals surface area contributed by atoms with Gasteiger partial charge in [-0.3, -0.25) is 4.99 Å². The summed E-state index contributed by atoms with van der Waals surface area (Å²) in [5.41, 5.74) is 3.05. The normalized spacial score (nSPS) is 39.9. The summed E-state index contributed by atoms with van der Waals surface area (Å²) in [4.78, 5) is 4.96. The van der Waals surface area contributed by atoms with Crippen molar-refractivity contribution < 1.29 is 4.74 Å². The first-order chi connectivity index (χ1) is 6.81. The summed E-state index contributed by atoms with van der Waals surface area (Å²) in [7, 11) is 1.74. The second-order valence-corrected chi connectivity index (χ2v) is 5.50. The number of hydrogen-bond donors (Lipinski definition) is 0. The van der Waals surface area contributed by atoms with Gasteiger partial charge in [0.05, 0.1) is 18.5 Å². The monoisotopic (exact) mass is 255 g/mol. The molecule has 0 aromatic heterocycles. The Balaban J connectivity index is 2.06. The number of rotatable bonds is 0. The van der Waals surface area contributed by atoms with Gasteiger partial charge < -0.3 is 4.74 Å². The van der Waals surface area contributed by atoms with Crippen LogP contribution in [0.5, 0.6) is 0 Å². The number of halogens is 1. The maximum atomic E-state index is 5.38. The fourth-order valence-electron chi connectivity index (χ4n) is 3.23. The third-order valence-corrected chi connectivity index (χ3v) is 4.53. The second-order valence-electron chi connectivity index (χ2n) is 4.39. The molecule has 3 atom stereocenters. The van der Waals surface area contributed by atoms with Gasteiger partial charge in [0.1, 0.15) is 0 Å². The Hall–Kier alpha value is -0.310. The molecular weight excluding hydrogens is 242 g/mol. The van der Waals surface area contributed by atoms with E-state index in [9.17, 15) is 0 Å². The highest BCUT2D eigenvalue weighted by Crippen LogP contribution is 2.52. The lowest BCUT2D eigenvalue weighted by Crippen LogP contribution is -2.25. The topological polar surface area (TPSA) is 21.6 Å². The van der Waals surface area contributed by atoms with Crippen molar-refractivity contribution in [3.05, 3.63) is 11.1 Å². The molecule has 0 amide bonds. The van der Waals surface area contributed by atoms with Gasteiger partial charge in [-0.15, -0.1) is 0 Å². The summed E-state index contributed by atoms with van der Waals surface area (Å²) in [5, 5.41) is 0. The lowest BCUT2D eigenvalue weighted by atomic mass is 9.88. The van der Waals surface area contributed by atoms with Crippen LogP contribution in [0.4, 0.5) is 0 Å². The summed E-state index contributed by atoms with van der Waals surface area (Å²) in [6, 6.07) is 0. The molecule has 0 radical (unpaired) electrons. The Morgan fingerprint density at radius 1 is 1.36 bits per heavy atom. The van der Waals surface area contributed by atoms with Crippen LogP contribution in [0.15, 0.2) is 16.1 Å². The highest BCUT2D eigenvalue weighted by atomic mass is 79.9. The van der Waals surface area contributed by atoms with E-state index >= 15 is 0 Å². The van der Waals surface area contributed by atoms with Crippen molar-refractivity contribution in [3.63, 3.8) is 0 Å². The molecule has 0 aromatic rings.